The van der Waals surface area contributed by atoms with Crippen molar-refractivity contribution in [2.75, 3.05) is 5.32 Å². The Bertz CT molecular complexity index is 1080. The SMILES string of the molecule is O=C(Nc1ccc(Cl)cn1)C1CC12CCC(c1ccnc3ccc(F)cc13)CC2. The lowest BCUT2D eigenvalue weighted by Crippen LogP contribution is -2.23. The van der Waals surface area contributed by atoms with Crippen LogP contribution in [0.15, 0.2) is 48.8 Å². The lowest BCUT2D eigenvalue weighted by Gasteiger charge is -2.30. The first kappa shape index (κ1) is 18.5. The summed E-state index contributed by atoms with van der Waals surface area (Å²) in [5.74, 6) is 0.798. The van der Waals surface area contributed by atoms with Crippen molar-refractivity contribution in [3.05, 3.63) is 65.2 Å². The van der Waals surface area contributed by atoms with Crippen LogP contribution >= 0.6 is 11.6 Å². The van der Waals surface area contributed by atoms with Gasteiger partial charge in [-0.1, -0.05) is 11.6 Å². The van der Waals surface area contributed by atoms with E-state index >= 15 is 0 Å². The van der Waals surface area contributed by atoms with Crippen LogP contribution in [0, 0.1) is 17.2 Å². The lowest BCUT2D eigenvalue weighted by molar-refractivity contribution is -0.118. The summed E-state index contributed by atoms with van der Waals surface area (Å²) in [5.41, 5.74) is 2.13. The molecular formula is C23H21ClFN3O. The number of fused-ring (bicyclic) bond motifs is 1. The Morgan fingerprint density at radius 3 is 2.72 bits per heavy atom. The molecule has 0 saturated heterocycles. The van der Waals surface area contributed by atoms with Crippen molar-refractivity contribution in [1.82, 2.24) is 9.97 Å². The fraction of sp³-hybridized carbons (Fsp3) is 0.348. The molecular weight excluding hydrogens is 389 g/mol. The van der Waals surface area contributed by atoms with Gasteiger partial charge in [-0.15, -0.1) is 0 Å². The first-order chi connectivity index (χ1) is 14.0. The normalized spacial score (nSPS) is 25.9. The molecule has 0 bridgehead atoms. The van der Waals surface area contributed by atoms with Gasteiger partial charge >= 0.3 is 0 Å². The minimum atomic E-state index is -0.228. The molecule has 2 aliphatic rings. The maximum absolute atomic E-state index is 13.8. The summed E-state index contributed by atoms with van der Waals surface area (Å²) in [6, 6.07) is 10.3. The van der Waals surface area contributed by atoms with Gasteiger partial charge in [0.25, 0.3) is 0 Å². The minimum absolute atomic E-state index is 0.0487. The number of carbonyl (C=O) groups is 1. The third-order valence-corrected chi connectivity index (χ3v) is 6.87. The summed E-state index contributed by atoms with van der Waals surface area (Å²) in [6.07, 6.45) is 8.34. The minimum Gasteiger partial charge on any atom is -0.310 e. The zero-order valence-corrected chi connectivity index (χ0v) is 16.6. The summed E-state index contributed by atoms with van der Waals surface area (Å²) in [7, 11) is 0. The number of rotatable bonds is 3. The summed E-state index contributed by atoms with van der Waals surface area (Å²) in [6.45, 7) is 0. The number of nitrogens with one attached hydrogen (secondary N) is 1. The van der Waals surface area contributed by atoms with Crippen molar-refractivity contribution in [3.63, 3.8) is 0 Å². The van der Waals surface area contributed by atoms with Gasteiger partial charge in [-0.2, -0.15) is 0 Å². The number of aromatic nitrogens is 2. The summed E-state index contributed by atoms with van der Waals surface area (Å²) in [4.78, 5) is 21.2. The van der Waals surface area contributed by atoms with Gasteiger partial charge in [0.15, 0.2) is 0 Å². The van der Waals surface area contributed by atoms with E-state index in [1.165, 1.54) is 17.8 Å². The van der Waals surface area contributed by atoms with Crippen molar-refractivity contribution >= 4 is 34.2 Å². The number of amides is 1. The van der Waals surface area contributed by atoms with Gasteiger partial charge in [-0.25, -0.2) is 9.37 Å². The first-order valence-electron chi connectivity index (χ1n) is 10.0. The van der Waals surface area contributed by atoms with Gasteiger partial charge in [0.1, 0.15) is 11.6 Å². The van der Waals surface area contributed by atoms with Crippen LogP contribution in [0.3, 0.4) is 0 Å². The van der Waals surface area contributed by atoms with E-state index in [-0.39, 0.29) is 23.1 Å². The molecule has 6 heteroatoms. The standard InChI is InChI=1S/C23H21ClFN3O/c24-15-1-4-21(27-13-15)28-22(29)19-12-23(19)8-5-14(6-9-23)17-7-10-26-20-3-2-16(25)11-18(17)20/h1-4,7,10-11,13-14,19H,5-6,8-9,12H2,(H,27,28,29). The number of benzene rings is 1. The second-order valence-electron chi connectivity index (χ2n) is 8.31. The third kappa shape index (κ3) is 3.48. The predicted molar refractivity (Wildman–Crippen MR) is 111 cm³/mol. The molecule has 2 aliphatic carbocycles. The van der Waals surface area contributed by atoms with Crippen LogP contribution in [-0.4, -0.2) is 15.9 Å². The molecule has 2 fully saturated rings. The van der Waals surface area contributed by atoms with Gasteiger partial charge in [0, 0.05) is 23.7 Å². The molecule has 4 nitrogen and oxygen atoms in total. The number of halogens is 2. The van der Waals surface area contributed by atoms with Crippen molar-refractivity contribution in [2.45, 2.75) is 38.0 Å². The molecule has 0 aliphatic heterocycles. The average Bonchev–Trinajstić information content (AvgIpc) is 3.43. The van der Waals surface area contributed by atoms with E-state index in [0.29, 0.717) is 16.8 Å². The van der Waals surface area contributed by atoms with Gasteiger partial charge in [-0.3, -0.25) is 9.78 Å². The van der Waals surface area contributed by atoms with Crippen molar-refractivity contribution in [1.29, 1.82) is 0 Å². The fourth-order valence-corrected chi connectivity index (χ4v) is 5.05. The molecule has 1 spiro atoms. The molecule has 1 N–H and O–H groups in total. The molecule has 2 heterocycles. The summed E-state index contributed by atoms with van der Waals surface area (Å²) >= 11 is 5.85. The molecule has 1 unspecified atom stereocenters. The molecule has 148 valence electrons. The van der Waals surface area contributed by atoms with Crippen molar-refractivity contribution < 1.29 is 9.18 Å². The third-order valence-electron chi connectivity index (χ3n) is 6.64. The number of anilines is 1. The van der Waals surface area contributed by atoms with E-state index in [1.807, 2.05) is 12.3 Å². The largest absolute Gasteiger partial charge is 0.310 e. The van der Waals surface area contributed by atoms with Crippen LogP contribution in [0.25, 0.3) is 10.9 Å². The van der Waals surface area contributed by atoms with E-state index in [9.17, 15) is 9.18 Å². The highest BCUT2D eigenvalue weighted by molar-refractivity contribution is 6.30. The molecule has 29 heavy (non-hydrogen) atoms. The fourth-order valence-electron chi connectivity index (χ4n) is 4.93. The molecule has 1 atom stereocenters. The Balaban J connectivity index is 1.26. The second kappa shape index (κ2) is 7.06. The Labute approximate surface area is 173 Å². The maximum Gasteiger partial charge on any atom is 0.229 e. The molecule has 1 aromatic carbocycles. The Kier molecular flexibility index (Phi) is 4.50. The predicted octanol–water partition coefficient (Wildman–Crippen LogP) is 5.72. The average molecular weight is 410 g/mol. The van der Waals surface area contributed by atoms with Crippen molar-refractivity contribution in [3.8, 4) is 0 Å². The zero-order chi connectivity index (χ0) is 20.0. The zero-order valence-electron chi connectivity index (χ0n) is 15.9. The van der Waals surface area contributed by atoms with Crippen LogP contribution in [0.2, 0.25) is 5.02 Å². The van der Waals surface area contributed by atoms with Gasteiger partial charge in [0.2, 0.25) is 5.91 Å². The molecule has 2 saturated carbocycles. The number of carbonyl (C=O) groups excluding carboxylic acids is 1. The topological polar surface area (TPSA) is 54.9 Å². The molecule has 2 aromatic heterocycles. The van der Waals surface area contributed by atoms with Gasteiger partial charge in [0.05, 0.1) is 10.5 Å². The molecule has 0 radical (unpaired) electrons. The van der Waals surface area contributed by atoms with Crippen LogP contribution in [0.1, 0.15) is 43.6 Å². The van der Waals surface area contributed by atoms with Crippen LogP contribution in [0.4, 0.5) is 10.2 Å². The Morgan fingerprint density at radius 1 is 1.14 bits per heavy atom. The van der Waals surface area contributed by atoms with E-state index in [1.54, 1.807) is 24.3 Å². The quantitative estimate of drug-likeness (QED) is 0.601. The Hall–Kier alpha value is -2.53. The first-order valence-corrected chi connectivity index (χ1v) is 10.4. The van der Waals surface area contributed by atoms with E-state index < -0.39 is 0 Å². The number of nitrogens with zero attached hydrogens (tertiary/aromatic N) is 2. The van der Waals surface area contributed by atoms with Crippen molar-refractivity contribution in [2.24, 2.45) is 11.3 Å². The van der Waals surface area contributed by atoms with E-state index in [0.717, 1.165) is 43.0 Å². The maximum atomic E-state index is 13.8. The monoisotopic (exact) mass is 409 g/mol. The highest BCUT2D eigenvalue weighted by Crippen LogP contribution is 2.63. The molecule has 5 rings (SSSR count). The molecule has 3 aromatic rings. The highest BCUT2D eigenvalue weighted by atomic mass is 35.5. The number of hydrogen-bond donors (Lipinski definition) is 1. The number of hydrogen-bond acceptors (Lipinski definition) is 3. The number of pyridine rings is 2. The van der Waals surface area contributed by atoms with Crippen LogP contribution < -0.4 is 5.32 Å². The van der Waals surface area contributed by atoms with Gasteiger partial charge < -0.3 is 5.32 Å². The van der Waals surface area contributed by atoms with E-state index in [4.69, 9.17) is 11.6 Å². The van der Waals surface area contributed by atoms with Crippen LogP contribution in [-0.2, 0) is 4.79 Å². The molecule has 1 amide bonds. The van der Waals surface area contributed by atoms with Gasteiger partial charge in [-0.05, 0) is 85.4 Å². The van der Waals surface area contributed by atoms with Crippen LogP contribution in [0.5, 0.6) is 0 Å². The smallest absolute Gasteiger partial charge is 0.229 e. The van der Waals surface area contributed by atoms with E-state index in [2.05, 4.69) is 15.3 Å². The summed E-state index contributed by atoms with van der Waals surface area (Å²) in [5, 5.41) is 4.38. The Morgan fingerprint density at radius 2 is 1.97 bits per heavy atom. The second-order valence-corrected chi connectivity index (χ2v) is 8.74. The summed E-state index contributed by atoms with van der Waals surface area (Å²) < 4.78 is 13.8. The lowest BCUT2D eigenvalue weighted by atomic mass is 9.75. The highest BCUT2D eigenvalue weighted by Gasteiger charge is 2.58.